The van der Waals surface area contributed by atoms with E-state index in [4.69, 9.17) is 0 Å². The summed E-state index contributed by atoms with van der Waals surface area (Å²) in [5, 5.41) is 3.33. The molecule has 0 aliphatic heterocycles. The van der Waals surface area contributed by atoms with Crippen LogP contribution in [0.1, 0.15) is 52.7 Å². The van der Waals surface area contributed by atoms with Crippen molar-refractivity contribution >= 4 is 11.6 Å². The molecule has 3 heteroatoms. The van der Waals surface area contributed by atoms with Crippen LogP contribution in [0, 0.1) is 10.8 Å². The minimum atomic E-state index is 0.267. The van der Waals surface area contributed by atoms with Crippen LogP contribution in [0.3, 0.4) is 0 Å². The lowest BCUT2D eigenvalue weighted by molar-refractivity contribution is 0.411. The third kappa shape index (κ3) is 6.39. The Morgan fingerprint density at radius 3 is 1.48 bits per heavy atom. The van der Waals surface area contributed by atoms with Gasteiger partial charge in [-0.05, 0) is 59.1 Å². The van der Waals surface area contributed by atoms with Gasteiger partial charge in [-0.1, -0.05) is 41.5 Å². The highest BCUT2D eigenvalue weighted by Gasteiger charge is 2.13. The molecule has 2 aromatic heterocycles. The first kappa shape index (κ1) is 17.5. The van der Waals surface area contributed by atoms with E-state index in [-0.39, 0.29) is 10.8 Å². The van der Waals surface area contributed by atoms with E-state index >= 15 is 0 Å². The van der Waals surface area contributed by atoms with Crippen molar-refractivity contribution in [2.45, 2.75) is 54.4 Å². The van der Waals surface area contributed by atoms with Crippen LogP contribution >= 0.6 is 0 Å². The first-order valence-corrected chi connectivity index (χ1v) is 8.28. The monoisotopic (exact) mass is 311 g/mol. The van der Waals surface area contributed by atoms with E-state index in [2.05, 4.69) is 81.1 Å². The Balaban J connectivity index is 2.13. The number of aromatic nitrogens is 2. The van der Waals surface area contributed by atoms with E-state index in [1.165, 1.54) is 11.1 Å². The molecule has 3 nitrogen and oxygen atoms in total. The second-order valence-electron chi connectivity index (χ2n) is 8.70. The topological polar surface area (TPSA) is 37.8 Å². The van der Waals surface area contributed by atoms with Crippen molar-refractivity contribution in [2.75, 3.05) is 5.32 Å². The summed E-state index contributed by atoms with van der Waals surface area (Å²) < 4.78 is 0. The first-order valence-electron chi connectivity index (χ1n) is 8.28. The molecule has 2 heterocycles. The zero-order valence-electron chi connectivity index (χ0n) is 15.3. The molecule has 0 amide bonds. The zero-order valence-corrected chi connectivity index (χ0v) is 15.3. The Bertz CT molecular complexity index is 591. The van der Waals surface area contributed by atoms with Crippen LogP contribution in [0.15, 0.2) is 36.7 Å². The maximum atomic E-state index is 4.42. The maximum Gasteiger partial charge on any atom is 0.131 e. The van der Waals surface area contributed by atoms with E-state index in [9.17, 15) is 0 Å². The molecule has 2 aromatic rings. The minimum absolute atomic E-state index is 0.267. The van der Waals surface area contributed by atoms with E-state index in [1.807, 2.05) is 12.4 Å². The van der Waals surface area contributed by atoms with Gasteiger partial charge in [-0.25, -0.2) is 9.97 Å². The van der Waals surface area contributed by atoms with E-state index in [1.54, 1.807) is 0 Å². The van der Waals surface area contributed by atoms with Crippen LogP contribution in [0.2, 0.25) is 0 Å². The summed E-state index contributed by atoms with van der Waals surface area (Å²) in [7, 11) is 0. The lowest BCUT2D eigenvalue weighted by Gasteiger charge is -2.19. The number of hydrogen-bond acceptors (Lipinski definition) is 3. The average Bonchev–Trinajstić information content (AvgIpc) is 2.35. The Morgan fingerprint density at radius 2 is 1.13 bits per heavy atom. The fraction of sp³-hybridized carbons (Fsp3) is 0.500. The van der Waals surface area contributed by atoms with Crippen LogP contribution in [-0.4, -0.2) is 9.97 Å². The number of rotatable bonds is 4. The quantitative estimate of drug-likeness (QED) is 0.821. The van der Waals surface area contributed by atoms with Crippen LogP contribution < -0.4 is 5.32 Å². The average molecular weight is 311 g/mol. The Kier molecular flexibility index (Phi) is 5.08. The van der Waals surface area contributed by atoms with Crippen molar-refractivity contribution in [2.24, 2.45) is 10.8 Å². The van der Waals surface area contributed by atoms with Gasteiger partial charge in [0.1, 0.15) is 11.6 Å². The van der Waals surface area contributed by atoms with Crippen molar-refractivity contribution in [3.8, 4) is 0 Å². The number of nitrogens with zero attached hydrogens (tertiary/aromatic N) is 2. The van der Waals surface area contributed by atoms with Gasteiger partial charge >= 0.3 is 0 Å². The SMILES string of the molecule is CC(C)(C)Cc1ccnc(Nc2cc(CC(C)(C)C)ccn2)c1. The summed E-state index contributed by atoms with van der Waals surface area (Å²) >= 11 is 0. The molecular weight excluding hydrogens is 282 g/mol. The molecule has 0 saturated carbocycles. The fourth-order valence-electron chi connectivity index (χ4n) is 2.66. The van der Waals surface area contributed by atoms with Gasteiger partial charge in [-0.3, -0.25) is 0 Å². The molecule has 0 fully saturated rings. The molecule has 0 unspecified atom stereocenters. The molecular formula is C20H29N3. The van der Waals surface area contributed by atoms with E-state index in [0.717, 1.165) is 24.5 Å². The van der Waals surface area contributed by atoms with Crippen molar-refractivity contribution in [1.82, 2.24) is 9.97 Å². The van der Waals surface area contributed by atoms with Crippen molar-refractivity contribution in [3.05, 3.63) is 47.8 Å². The highest BCUT2D eigenvalue weighted by molar-refractivity contribution is 5.53. The van der Waals surface area contributed by atoms with Crippen LogP contribution in [0.4, 0.5) is 11.6 Å². The third-order valence-electron chi connectivity index (χ3n) is 3.37. The van der Waals surface area contributed by atoms with Crippen molar-refractivity contribution in [1.29, 1.82) is 0 Å². The van der Waals surface area contributed by atoms with Crippen molar-refractivity contribution < 1.29 is 0 Å². The highest BCUT2D eigenvalue weighted by Crippen LogP contribution is 2.24. The molecule has 0 atom stereocenters. The summed E-state index contributed by atoms with van der Waals surface area (Å²) in [5.74, 6) is 1.71. The van der Waals surface area contributed by atoms with Crippen LogP contribution in [-0.2, 0) is 12.8 Å². The standard InChI is InChI=1S/C20H29N3/c1-19(2,3)13-15-7-9-21-17(11-15)23-18-12-16(8-10-22-18)14-20(4,5)6/h7-12H,13-14H2,1-6H3,(H,21,22,23). The summed E-state index contributed by atoms with van der Waals surface area (Å²) in [5.41, 5.74) is 3.12. The third-order valence-corrected chi connectivity index (χ3v) is 3.37. The predicted molar refractivity (Wildman–Crippen MR) is 98.1 cm³/mol. The molecule has 0 bridgehead atoms. The van der Waals surface area contributed by atoms with Gasteiger partial charge in [0.05, 0.1) is 0 Å². The van der Waals surface area contributed by atoms with Gasteiger partial charge in [0.25, 0.3) is 0 Å². The van der Waals surface area contributed by atoms with Gasteiger partial charge in [-0.2, -0.15) is 0 Å². The Hall–Kier alpha value is -1.90. The first-order chi connectivity index (χ1) is 10.6. The summed E-state index contributed by atoms with van der Waals surface area (Å²) in [6, 6.07) is 8.40. The maximum absolute atomic E-state index is 4.42. The molecule has 2 rings (SSSR count). The van der Waals surface area contributed by atoms with Gasteiger partial charge in [0.15, 0.2) is 0 Å². The van der Waals surface area contributed by atoms with Gasteiger partial charge in [0.2, 0.25) is 0 Å². The van der Waals surface area contributed by atoms with Crippen molar-refractivity contribution in [3.63, 3.8) is 0 Å². The molecule has 0 spiro atoms. The van der Waals surface area contributed by atoms with E-state index in [0.29, 0.717) is 0 Å². The summed E-state index contributed by atoms with van der Waals surface area (Å²) in [4.78, 5) is 8.84. The Labute approximate surface area is 140 Å². The fourth-order valence-corrected chi connectivity index (χ4v) is 2.66. The largest absolute Gasteiger partial charge is 0.325 e. The molecule has 0 saturated heterocycles. The molecule has 23 heavy (non-hydrogen) atoms. The normalized spacial score (nSPS) is 12.3. The van der Waals surface area contributed by atoms with Crippen LogP contribution in [0.5, 0.6) is 0 Å². The van der Waals surface area contributed by atoms with Gasteiger partial charge in [-0.15, -0.1) is 0 Å². The second kappa shape index (κ2) is 6.69. The van der Waals surface area contributed by atoms with Gasteiger partial charge in [0, 0.05) is 12.4 Å². The minimum Gasteiger partial charge on any atom is -0.325 e. The van der Waals surface area contributed by atoms with E-state index < -0.39 is 0 Å². The lowest BCUT2D eigenvalue weighted by atomic mass is 9.88. The smallest absolute Gasteiger partial charge is 0.131 e. The Morgan fingerprint density at radius 1 is 0.739 bits per heavy atom. The van der Waals surface area contributed by atoms with Crippen LogP contribution in [0.25, 0.3) is 0 Å². The predicted octanol–water partition coefficient (Wildman–Crippen LogP) is 5.40. The summed E-state index contributed by atoms with van der Waals surface area (Å²) in [6.45, 7) is 13.5. The number of anilines is 2. The molecule has 124 valence electrons. The lowest BCUT2D eigenvalue weighted by Crippen LogP contribution is -2.10. The molecule has 1 N–H and O–H groups in total. The number of pyridine rings is 2. The molecule has 0 radical (unpaired) electrons. The molecule has 0 aliphatic rings. The number of nitrogens with one attached hydrogen (secondary N) is 1. The second-order valence-corrected chi connectivity index (χ2v) is 8.70. The zero-order chi connectivity index (χ0) is 17.1. The number of hydrogen-bond donors (Lipinski definition) is 1. The van der Waals surface area contributed by atoms with Gasteiger partial charge < -0.3 is 5.32 Å². The molecule has 0 aromatic carbocycles. The summed E-state index contributed by atoms with van der Waals surface area (Å²) in [6.07, 6.45) is 5.79. The molecule has 0 aliphatic carbocycles. The highest BCUT2D eigenvalue weighted by atomic mass is 15.0.